The molecule has 2 rings (SSSR count). The predicted molar refractivity (Wildman–Crippen MR) is 68.7 cm³/mol. The first-order valence-electron chi connectivity index (χ1n) is 6.22. The smallest absolute Gasteiger partial charge is 0.287 e. The molecule has 0 radical (unpaired) electrons. The topological polar surface area (TPSA) is 102 Å². The minimum absolute atomic E-state index is 0.00637. The van der Waals surface area contributed by atoms with Crippen LogP contribution in [0.5, 0.6) is 5.75 Å². The summed E-state index contributed by atoms with van der Waals surface area (Å²) in [4.78, 5) is 10.2. The lowest BCUT2D eigenvalue weighted by atomic mass is 9.93. The number of nitrogens with zero attached hydrogens (tertiary/aromatic N) is 2. The molecule has 19 heavy (non-hydrogen) atoms. The van der Waals surface area contributed by atoms with E-state index in [9.17, 15) is 10.1 Å². The van der Waals surface area contributed by atoms with Gasteiger partial charge in [0.1, 0.15) is 23.5 Å². The van der Waals surface area contributed by atoms with Crippen molar-refractivity contribution < 1.29 is 9.66 Å². The second-order valence-corrected chi connectivity index (χ2v) is 4.65. The Morgan fingerprint density at radius 3 is 2.79 bits per heavy atom. The summed E-state index contributed by atoms with van der Waals surface area (Å²) in [6.45, 7) is 0. The molecule has 1 aromatic carbocycles. The predicted octanol–water partition coefficient (Wildman–Crippen LogP) is 2.12. The van der Waals surface area contributed by atoms with E-state index in [-0.39, 0.29) is 23.4 Å². The van der Waals surface area contributed by atoms with E-state index in [1.807, 2.05) is 6.07 Å². The summed E-state index contributed by atoms with van der Waals surface area (Å²) in [5.74, 6) is 0.463. The fraction of sp³-hybridized carbons (Fsp3) is 0.462. The fourth-order valence-electron chi connectivity index (χ4n) is 2.28. The molecule has 1 fully saturated rings. The fourth-order valence-corrected chi connectivity index (χ4v) is 2.28. The molecular weight excluding hydrogens is 246 g/mol. The molecule has 0 bridgehead atoms. The number of ether oxygens (including phenoxy) is 1. The van der Waals surface area contributed by atoms with E-state index in [0.29, 0.717) is 5.75 Å². The van der Waals surface area contributed by atoms with Gasteiger partial charge in [-0.25, -0.2) is 0 Å². The molecule has 0 heterocycles. The maximum absolute atomic E-state index is 10.7. The van der Waals surface area contributed by atoms with E-state index in [4.69, 9.17) is 15.7 Å². The molecule has 0 spiro atoms. The van der Waals surface area contributed by atoms with Crippen molar-refractivity contribution in [3.8, 4) is 11.8 Å². The van der Waals surface area contributed by atoms with Crippen molar-refractivity contribution in [3.63, 3.8) is 0 Å². The number of hydrogen-bond acceptors (Lipinski definition) is 5. The summed E-state index contributed by atoms with van der Waals surface area (Å²) in [5.41, 5.74) is 5.78. The second-order valence-electron chi connectivity index (χ2n) is 4.65. The van der Waals surface area contributed by atoms with Gasteiger partial charge in [-0.3, -0.25) is 10.1 Å². The number of benzene rings is 1. The maximum Gasteiger partial charge on any atom is 0.287 e. The van der Waals surface area contributed by atoms with Crippen LogP contribution in [0, 0.1) is 21.4 Å². The van der Waals surface area contributed by atoms with Crippen molar-refractivity contribution in [2.75, 3.05) is 0 Å². The van der Waals surface area contributed by atoms with E-state index in [1.165, 1.54) is 18.2 Å². The monoisotopic (exact) mass is 261 g/mol. The number of nitriles is 1. The minimum atomic E-state index is -0.575. The SMILES string of the molecule is N#Cc1cc(OC2CCCCC2N)ccc1[N+](=O)[O-]. The van der Waals surface area contributed by atoms with Crippen molar-refractivity contribution in [1.29, 1.82) is 5.26 Å². The van der Waals surface area contributed by atoms with Gasteiger partial charge in [0.15, 0.2) is 0 Å². The molecule has 6 heteroatoms. The van der Waals surface area contributed by atoms with Gasteiger partial charge in [0.2, 0.25) is 0 Å². The summed E-state index contributed by atoms with van der Waals surface area (Å²) in [7, 11) is 0. The second kappa shape index (κ2) is 5.67. The Kier molecular flexibility index (Phi) is 3.97. The maximum atomic E-state index is 10.7. The van der Waals surface area contributed by atoms with E-state index >= 15 is 0 Å². The zero-order chi connectivity index (χ0) is 13.8. The lowest BCUT2D eigenvalue weighted by Gasteiger charge is -2.29. The average molecular weight is 261 g/mol. The first-order valence-corrected chi connectivity index (χ1v) is 6.22. The Labute approximate surface area is 110 Å². The molecule has 2 atom stereocenters. The number of nitro benzene ring substituents is 1. The third kappa shape index (κ3) is 3.01. The summed E-state index contributed by atoms with van der Waals surface area (Å²) >= 11 is 0. The van der Waals surface area contributed by atoms with E-state index in [0.717, 1.165) is 25.7 Å². The number of rotatable bonds is 3. The van der Waals surface area contributed by atoms with Crippen LogP contribution in [0.3, 0.4) is 0 Å². The lowest BCUT2D eigenvalue weighted by Crippen LogP contribution is -2.41. The van der Waals surface area contributed by atoms with E-state index in [2.05, 4.69) is 0 Å². The third-order valence-corrected chi connectivity index (χ3v) is 3.33. The average Bonchev–Trinajstić information content (AvgIpc) is 2.41. The first kappa shape index (κ1) is 13.3. The Hall–Kier alpha value is -2.13. The van der Waals surface area contributed by atoms with Gasteiger partial charge >= 0.3 is 0 Å². The Balaban J connectivity index is 2.17. The molecule has 1 aliphatic carbocycles. The van der Waals surface area contributed by atoms with Crippen LogP contribution in [0.25, 0.3) is 0 Å². The quantitative estimate of drug-likeness (QED) is 0.663. The molecular formula is C13H15N3O3. The Bertz CT molecular complexity index is 524. The van der Waals surface area contributed by atoms with E-state index < -0.39 is 4.92 Å². The minimum Gasteiger partial charge on any atom is -0.489 e. The molecule has 1 saturated carbocycles. The van der Waals surface area contributed by atoms with Gasteiger partial charge in [-0.2, -0.15) is 5.26 Å². The van der Waals surface area contributed by atoms with Crippen LogP contribution in [0.1, 0.15) is 31.2 Å². The highest BCUT2D eigenvalue weighted by Crippen LogP contribution is 2.27. The van der Waals surface area contributed by atoms with Crippen LogP contribution in [-0.2, 0) is 0 Å². The summed E-state index contributed by atoms with van der Waals surface area (Å²) in [6, 6.07) is 6.00. The van der Waals surface area contributed by atoms with Crippen molar-refractivity contribution in [2.45, 2.75) is 37.8 Å². The third-order valence-electron chi connectivity index (χ3n) is 3.33. The van der Waals surface area contributed by atoms with Gasteiger partial charge in [0, 0.05) is 18.2 Å². The summed E-state index contributed by atoms with van der Waals surface area (Å²) in [6.07, 6.45) is 3.88. The molecule has 1 aromatic rings. The standard InChI is InChI=1S/C13H15N3O3/c14-8-9-7-10(5-6-12(9)16(17)18)19-13-4-2-1-3-11(13)15/h5-7,11,13H,1-4,15H2. The van der Waals surface area contributed by atoms with Crippen LogP contribution in [-0.4, -0.2) is 17.1 Å². The highest BCUT2D eigenvalue weighted by atomic mass is 16.6. The molecule has 100 valence electrons. The van der Waals surface area contributed by atoms with Crippen LogP contribution < -0.4 is 10.5 Å². The normalized spacial score (nSPS) is 22.5. The Morgan fingerprint density at radius 1 is 1.42 bits per heavy atom. The Morgan fingerprint density at radius 2 is 2.16 bits per heavy atom. The largest absolute Gasteiger partial charge is 0.489 e. The van der Waals surface area contributed by atoms with Crippen LogP contribution in [0.2, 0.25) is 0 Å². The summed E-state index contributed by atoms with van der Waals surface area (Å²) < 4.78 is 5.75. The number of nitro groups is 1. The molecule has 1 aliphatic rings. The first-order chi connectivity index (χ1) is 9.11. The van der Waals surface area contributed by atoms with Crippen molar-refractivity contribution in [2.24, 2.45) is 5.73 Å². The van der Waals surface area contributed by atoms with Crippen LogP contribution in [0.15, 0.2) is 18.2 Å². The zero-order valence-corrected chi connectivity index (χ0v) is 10.4. The highest BCUT2D eigenvalue weighted by Gasteiger charge is 2.24. The van der Waals surface area contributed by atoms with Crippen molar-refractivity contribution >= 4 is 5.69 Å². The molecule has 0 aliphatic heterocycles. The van der Waals surface area contributed by atoms with Gasteiger partial charge in [-0.1, -0.05) is 6.42 Å². The molecule has 0 aromatic heterocycles. The molecule has 0 saturated heterocycles. The van der Waals surface area contributed by atoms with Crippen LogP contribution in [0.4, 0.5) is 5.69 Å². The molecule has 0 amide bonds. The van der Waals surface area contributed by atoms with Gasteiger partial charge < -0.3 is 10.5 Å². The number of nitrogens with two attached hydrogens (primary N) is 1. The highest BCUT2D eigenvalue weighted by molar-refractivity contribution is 5.52. The lowest BCUT2D eigenvalue weighted by molar-refractivity contribution is -0.385. The van der Waals surface area contributed by atoms with Crippen molar-refractivity contribution in [1.82, 2.24) is 0 Å². The van der Waals surface area contributed by atoms with E-state index in [1.54, 1.807) is 0 Å². The number of hydrogen-bond donors (Lipinski definition) is 1. The van der Waals surface area contributed by atoms with Crippen molar-refractivity contribution in [3.05, 3.63) is 33.9 Å². The van der Waals surface area contributed by atoms with Crippen LogP contribution >= 0.6 is 0 Å². The van der Waals surface area contributed by atoms with Gasteiger partial charge in [0.25, 0.3) is 5.69 Å². The van der Waals surface area contributed by atoms with Gasteiger partial charge in [-0.15, -0.1) is 0 Å². The molecule has 2 unspecified atom stereocenters. The molecule has 2 N–H and O–H groups in total. The zero-order valence-electron chi connectivity index (χ0n) is 10.4. The van der Waals surface area contributed by atoms with Gasteiger partial charge in [0.05, 0.1) is 4.92 Å². The molecule has 6 nitrogen and oxygen atoms in total. The van der Waals surface area contributed by atoms with Gasteiger partial charge in [-0.05, 0) is 25.3 Å². The summed E-state index contributed by atoms with van der Waals surface area (Å²) in [5, 5.41) is 19.6.